The Bertz CT molecular complexity index is 1260. The molecular formula is C29H40Cl2N6O3. The van der Waals surface area contributed by atoms with E-state index in [4.69, 9.17) is 38.1 Å². The summed E-state index contributed by atoms with van der Waals surface area (Å²) in [6.45, 7) is 12.0. The lowest BCUT2D eigenvalue weighted by molar-refractivity contribution is -0.122. The SMILES string of the molecule is C=Cc1c(N(C)C(=O)N(C)Cc2ccc(Cl)c(Cl)c2)nc(Nc2cccc(C3CC3)n2)n1C.CC.CC.O=CO. The van der Waals surface area contributed by atoms with Crippen LogP contribution in [-0.2, 0) is 18.4 Å². The van der Waals surface area contributed by atoms with Crippen LogP contribution in [0.4, 0.5) is 22.4 Å². The van der Waals surface area contributed by atoms with Gasteiger partial charge in [0.05, 0.1) is 15.7 Å². The van der Waals surface area contributed by atoms with Crippen LogP contribution in [0.2, 0.25) is 10.0 Å². The van der Waals surface area contributed by atoms with E-state index in [1.54, 1.807) is 37.2 Å². The Morgan fingerprint density at radius 1 is 1.12 bits per heavy atom. The molecule has 2 amide bonds. The summed E-state index contributed by atoms with van der Waals surface area (Å²) in [5.41, 5.74) is 2.69. The molecule has 1 aliphatic carbocycles. The predicted octanol–water partition coefficient (Wildman–Crippen LogP) is 7.83. The molecule has 0 atom stereocenters. The predicted molar refractivity (Wildman–Crippen MR) is 166 cm³/mol. The van der Waals surface area contributed by atoms with E-state index < -0.39 is 0 Å². The summed E-state index contributed by atoms with van der Waals surface area (Å²) < 4.78 is 1.86. The Kier molecular flexibility index (Phi) is 14.8. The van der Waals surface area contributed by atoms with E-state index in [-0.39, 0.29) is 12.5 Å². The van der Waals surface area contributed by atoms with E-state index in [0.717, 1.165) is 22.8 Å². The number of nitrogens with one attached hydrogen (secondary N) is 1. The molecule has 218 valence electrons. The largest absolute Gasteiger partial charge is 0.483 e. The fourth-order valence-electron chi connectivity index (χ4n) is 3.65. The number of aromatic nitrogens is 3. The van der Waals surface area contributed by atoms with Crippen molar-refractivity contribution >= 4 is 59.4 Å². The van der Waals surface area contributed by atoms with Gasteiger partial charge in [-0.1, -0.05) is 69.6 Å². The Balaban J connectivity index is 0.00000105. The maximum absolute atomic E-state index is 13.1. The van der Waals surface area contributed by atoms with Gasteiger partial charge in [-0.2, -0.15) is 4.98 Å². The lowest BCUT2D eigenvalue weighted by atomic mass is 10.2. The van der Waals surface area contributed by atoms with E-state index in [2.05, 4.69) is 22.9 Å². The van der Waals surface area contributed by atoms with E-state index in [9.17, 15) is 4.79 Å². The first-order valence-corrected chi connectivity index (χ1v) is 13.9. The fourth-order valence-corrected chi connectivity index (χ4v) is 3.97. The lowest BCUT2D eigenvalue weighted by Gasteiger charge is -2.24. The summed E-state index contributed by atoms with van der Waals surface area (Å²) in [5, 5.41) is 11.1. The van der Waals surface area contributed by atoms with Crippen molar-refractivity contribution in [1.29, 1.82) is 0 Å². The van der Waals surface area contributed by atoms with Crippen molar-refractivity contribution < 1.29 is 14.7 Å². The number of imidazole rings is 1. The van der Waals surface area contributed by atoms with Crippen LogP contribution in [0.1, 0.15) is 63.4 Å². The zero-order valence-corrected chi connectivity index (χ0v) is 25.8. The number of pyridine rings is 1. The topological polar surface area (TPSA) is 104 Å². The average Bonchev–Trinajstić information content (AvgIpc) is 3.77. The second-order valence-electron chi connectivity index (χ2n) is 8.31. The number of halogens is 2. The third-order valence-electron chi connectivity index (χ3n) is 5.65. The molecule has 3 aromatic rings. The Hall–Kier alpha value is -3.56. The van der Waals surface area contributed by atoms with Crippen LogP contribution in [0.5, 0.6) is 0 Å². The molecule has 4 rings (SSSR count). The van der Waals surface area contributed by atoms with Gasteiger partial charge in [-0.25, -0.2) is 9.78 Å². The third kappa shape index (κ3) is 9.27. The molecule has 2 aromatic heterocycles. The van der Waals surface area contributed by atoms with E-state index >= 15 is 0 Å². The molecule has 11 heteroatoms. The Morgan fingerprint density at radius 3 is 2.30 bits per heavy atom. The standard InChI is InChI=1S/C24H26Cl2N6O.2C2H6.CH2O2/c1-5-20-22(32(4)24(33)30(2)14-15-9-12-17(25)18(26)13-15)29-23(31(20)3)28-21-8-6-7-19(27-21)16-10-11-16;2*1-2;2-1-3/h5-9,12-13,16H,1,10-11,14H2,2-4H3,(H,27,28,29);2*1-2H3;1H,(H,2,3). The van der Waals surface area contributed by atoms with Crippen molar-refractivity contribution in [2.75, 3.05) is 24.3 Å². The van der Waals surface area contributed by atoms with Crippen LogP contribution >= 0.6 is 23.2 Å². The molecular weight excluding hydrogens is 551 g/mol. The van der Waals surface area contributed by atoms with Crippen molar-refractivity contribution in [3.05, 3.63) is 70.0 Å². The van der Waals surface area contributed by atoms with Crippen LogP contribution in [0.25, 0.3) is 6.08 Å². The van der Waals surface area contributed by atoms with Crippen LogP contribution in [0.15, 0.2) is 43.0 Å². The van der Waals surface area contributed by atoms with Crippen LogP contribution < -0.4 is 10.2 Å². The smallest absolute Gasteiger partial charge is 0.325 e. The van der Waals surface area contributed by atoms with E-state index in [1.165, 1.54) is 17.7 Å². The number of nitrogens with zero attached hydrogens (tertiary/aromatic N) is 5. The number of benzene rings is 1. The summed E-state index contributed by atoms with van der Waals surface area (Å²) in [5.74, 6) is 2.36. The number of carbonyl (C=O) groups excluding carboxylic acids is 1. The van der Waals surface area contributed by atoms with Crippen LogP contribution in [0, 0.1) is 0 Å². The van der Waals surface area contributed by atoms with Crippen molar-refractivity contribution in [2.45, 2.75) is 53.0 Å². The number of rotatable bonds is 7. The number of carboxylic acid groups (broad SMARTS) is 1. The van der Waals surface area contributed by atoms with Gasteiger partial charge in [0.1, 0.15) is 5.82 Å². The van der Waals surface area contributed by atoms with Gasteiger partial charge in [0.15, 0.2) is 5.82 Å². The Labute approximate surface area is 247 Å². The molecule has 2 N–H and O–H groups in total. The molecule has 1 fully saturated rings. The van der Waals surface area contributed by atoms with Gasteiger partial charge in [0.2, 0.25) is 5.95 Å². The molecule has 0 saturated heterocycles. The highest BCUT2D eigenvalue weighted by molar-refractivity contribution is 6.42. The molecule has 1 saturated carbocycles. The van der Waals surface area contributed by atoms with Gasteiger partial charge in [0.25, 0.3) is 6.47 Å². The number of anilines is 3. The summed E-state index contributed by atoms with van der Waals surface area (Å²) in [6, 6.07) is 11.1. The molecule has 2 heterocycles. The highest BCUT2D eigenvalue weighted by Crippen LogP contribution is 2.39. The molecule has 0 unspecified atom stereocenters. The molecule has 0 aliphatic heterocycles. The second-order valence-corrected chi connectivity index (χ2v) is 9.12. The zero-order chi connectivity index (χ0) is 30.4. The quantitative estimate of drug-likeness (QED) is 0.272. The molecule has 0 spiro atoms. The number of hydrogen-bond donors (Lipinski definition) is 2. The van der Waals surface area contributed by atoms with Crippen LogP contribution in [-0.4, -0.2) is 51.1 Å². The van der Waals surface area contributed by atoms with Crippen molar-refractivity contribution in [3.63, 3.8) is 0 Å². The van der Waals surface area contributed by atoms with E-state index in [1.807, 2.05) is 57.5 Å². The number of carbonyl (C=O) groups is 2. The van der Waals surface area contributed by atoms with E-state index in [0.29, 0.717) is 34.3 Å². The second kappa shape index (κ2) is 17.2. The number of urea groups is 1. The third-order valence-corrected chi connectivity index (χ3v) is 6.39. The maximum atomic E-state index is 13.1. The van der Waals surface area contributed by atoms with Crippen molar-refractivity contribution in [1.82, 2.24) is 19.4 Å². The minimum atomic E-state index is -0.250. The van der Waals surface area contributed by atoms with Gasteiger partial charge in [-0.15, -0.1) is 0 Å². The van der Waals surface area contributed by atoms with Crippen molar-refractivity contribution in [3.8, 4) is 0 Å². The molecule has 9 nitrogen and oxygen atoms in total. The Morgan fingerprint density at radius 2 is 1.75 bits per heavy atom. The summed E-state index contributed by atoms with van der Waals surface area (Å²) in [4.78, 5) is 34.0. The first kappa shape index (κ1) is 34.5. The first-order valence-electron chi connectivity index (χ1n) is 13.1. The van der Waals surface area contributed by atoms with Gasteiger partial charge in [-0.05, 0) is 48.7 Å². The maximum Gasteiger partial charge on any atom is 0.325 e. The fraction of sp³-hybridized carbons (Fsp3) is 0.379. The summed E-state index contributed by atoms with van der Waals surface area (Å²) >= 11 is 12.1. The van der Waals surface area contributed by atoms with Crippen molar-refractivity contribution in [2.24, 2.45) is 7.05 Å². The zero-order valence-electron chi connectivity index (χ0n) is 24.3. The summed E-state index contributed by atoms with van der Waals surface area (Å²) in [6.07, 6.45) is 4.06. The normalized spacial score (nSPS) is 11.3. The molecule has 0 bridgehead atoms. The lowest BCUT2D eigenvalue weighted by Crippen LogP contribution is -2.39. The first-order chi connectivity index (χ1) is 19.2. The van der Waals surface area contributed by atoms with Gasteiger partial charge in [0, 0.05) is 39.3 Å². The van der Waals surface area contributed by atoms with Gasteiger partial charge >= 0.3 is 6.03 Å². The molecule has 1 aliphatic rings. The van der Waals surface area contributed by atoms with Gasteiger partial charge < -0.3 is 19.9 Å². The number of hydrogen-bond acceptors (Lipinski definition) is 5. The highest BCUT2D eigenvalue weighted by Gasteiger charge is 2.26. The molecule has 0 radical (unpaired) electrons. The summed E-state index contributed by atoms with van der Waals surface area (Å²) in [7, 11) is 5.29. The van der Waals surface area contributed by atoms with Crippen LogP contribution in [0.3, 0.4) is 0 Å². The monoisotopic (exact) mass is 590 g/mol. The number of amides is 2. The highest BCUT2D eigenvalue weighted by atomic mass is 35.5. The minimum absolute atomic E-state index is 0.220. The molecule has 1 aromatic carbocycles. The average molecular weight is 592 g/mol. The minimum Gasteiger partial charge on any atom is -0.483 e. The van der Waals surface area contributed by atoms with Gasteiger partial charge in [-0.3, -0.25) is 9.69 Å². The molecule has 40 heavy (non-hydrogen) atoms.